The van der Waals surface area contributed by atoms with Crippen LogP contribution in [0, 0.1) is 0 Å². The molecule has 0 saturated heterocycles. The van der Waals surface area contributed by atoms with Crippen molar-refractivity contribution in [2.24, 2.45) is 5.73 Å². The maximum atomic E-state index is 6.83. The Kier molecular flexibility index (Phi) is 5.47. The number of nitrogens with zero attached hydrogens (tertiary/aromatic N) is 3. The topological polar surface area (TPSA) is 45.4 Å². The van der Waals surface area contributed by atoms with Gasteiger partial charge < -0.3 is 10.6 Å². The van der Waals surface area contributed by atoms with Crippen LogP contribution in [0.1, 0.15) is 74.9 Å². The van der Waals surface area contributed by atoms with Crippen molar-refractivity contribution in [2.75, 3.05) is 9.80 Å². The van der Waals surface area contributed by atoms with Crippen molar-refractivity contribution in [3.05, 3.63) is 143 Å². The van der Waals surface area contributed by atoms with E-state index in [1.807, 2.05) is 42.6 Å². The standard InChI is InChI=1S/C38H38N4/c1-8-9-10-19-31(39)41(32-20-11-12-21-40-32)24-22-29-35-30(23-24)38(6,7)28-18-14-16-26-34(28)42(35)33-25(36(26,2)3)15-13-17-27(33)37(29,4)5/h8-23H,1,39H2,2-7H3/b10-9-,31-19+. The fourth-order valence-corrected chi connectivity index (χ4v) is 7.51. The van der Waals surface area contributed by atoms with Crippen molar-refractivity contribution in [1.29, 1.82) is 0 Å². The first-order valence-corrected chi connectivity index (χ1v) is 14.7. The van der Waals surface area contributed by atoms with Crippen molar-refractivity contribution < 1.29 is 0 Å². The summed E-state index contributed by atoms with van der Waals surface area (Å²) < 4.78 is 0. The van der Waals surface area contributed by atoms with Crippen molar-refractivity contribution >= 4 is 28.6 Å². The summed E-state index contributed by atoms with van der Waals surface area (Å²) in [6.45, 7) is 18.0. The van der Waals surface area contributed by atoms with Gasteiger partial charge in [0, 0.05) is 28.1 Å². The molecule has 4 heteroatoms. The lowest BCUT2D eigenvalue weighted by Gasteiger charge is -2.55. The number of para-hydroxylation sites is 2. The van der Waals surface area contributed by atoms with Crippen LogP contribution < -0.4 is 15.5 Å². The highest BCUT2D eigenvalue weighted by molar-refractivity contribution is 5.99. The van der Waals surface area contributed by atoms with Crippen LogP contribution in [0.4, 0.5) is 28.6 Å². The molecule has 3 aliphatic heterocycles. The second kappa shape index (κ2) is 8.72. The molecule has 0 spiro atoms. The van der Waals surface area contributed by atoms with E-state index >= 15 is 0 Å². The van der Waals surface area contributed by atoms with Crippen molar-refractivity contribution in [2.45, 2.75) is 57.8 Å². The quantitative estimate of drug-likeness (QED) is 0.252. The van der Waals surface area contributed by atoms with E-state index in [1.54, 1.807) is 6.08 Å². The van der Waals surface area contributed by atoms with Crippen LogP contribution >= 0.6 is 0 Å². The Labute approximate surface area is 249 Å². The first kappa shape index (κ1) is 26.3. The van der Waals surface area contributed by atoms with Gasteiger partial charge >= 0.3 is 0 Å². The molecule has 0 saturated carbocycles. The van der Waals surface area contributed by atoms with E-state index in [0.717, 1.165) is 11.5 Å². The molecule has 0 unspecified atom stereocenters. The number of benzene rings is 3. The number of anilines is 5. The second-order valence-corrected chi connectivity index (χ2v) is 13.2. The van der Waals surface area contributed by atoms with Crippen LogP contribution in [0.3, 0.4) is 0 Å². The lowest BCUT2D eigenvalue weighted by atomic mass is 9.61. The average molecular weight is 551 g/mol. The summed E-state index contributed by atoms with van der Waals surface area (Å²) in [5, 5.41) is 0. The van der Waals surface area contributed by atoms with E-state index in [9.17, 15) is 0 Å². The number of aromatic nitrogens is 1. The maximum Gasteiger partial charge on any atom is 0.138 e. The van der Waals surface area contributed by atoms with Crippen LogP contribution in [0.5, 0.6) is 0 Å². The van der Waals surface area contributed by atoms with Crippen LogP contribution in [0.25, 0.3) is 0 Å². The fourth-order valence-electron chi connectivity index (χ4n) is 7.51. The predicted octanol–water partition coefficient (Wildman–Crippen LogP) is 9.15. The summed E-state index contributed by atoms with van der Waals surface area (Å²) in [6.07, 6.45) is 9.27. The van der Waals surface area contributed by atoms with Gasteiger partial charge in [-0.25, -0.2) is 4.98 Å². The molecule has 7 rings (SSSR count). The van der Waals surface area contributed by atoms with E-state index in [0.29, 0.717) is 5.82 Å². The van der Waals surface area contributed by atoms with Crippen LogP contribution in [0.2, 0.25) is 0 Å². The Morgan fingerprint density at radius 2 is 1.21 bits per heavy atom. The van der Waals surface area contributed by atoms with Gasteiger partial charge in [-0.1, -0.05) is 109 Å². The lowest BCUT2D eigenvalue weighted by molar-refractivity contribution is 0.566. The molecule has 2 N–H and O–H groups in total. The highest BCUT2D eigenvalue weighted by Gasteiger charge is 2.51. The zero-order valence-corrected chi connectivity index (χ0v) is 25.4. The predicted molar refractivity (Wildman–Crippen MR) is 175 cm³/mol. The Morgan fingerprint density at radius 3 is 1.69 bits per heavy atom. The summed E-state index contributed by atoms with van der Waals surface area (Å²) in [6, 6.07) is 24.4. The molecule has 0 amide bonds. The monoisotopic (exact) mass is 550 g/mol. The molecule has 0 radical (unpaired) electrons. The van der Waals surface area contributed by atoms with E-state index in [4.69, 9.17) is 10.7 Å². The fraction of sp³-hybridized carbons (Fsp3) is 0.237. The molecule has 3 aromatic carbocycles. The Morgan fingerprint density at radius 1 is 0.714 bits per heavy atom. The van der Waals surface area contributed by atoms with E-state index in [2.05, 4.69) is 106 Å². The first-order chi connectivity index (χ1) is 20.0. The molecule has 4 heterocycles. The summed E-state index contributed by atoms with van der Waals surface area (Å²) >= 11 is 0. The van der Waals surface area contributed by atoms with Gasteiger partial charge in [0.1, 0.15) is 11.6 Å². The van der Waals surface area contributed by atoms with Crippen LogP contribution in [-0.4, -0.2) is 4.98 Å². The van der Waals surface area contributed by atoms with E-state index in [-0.39, 0.29) is 16.2 Å². The minimum atomic E-state index is -0.241. The third kappa shape index (κ3) is 3.32. The number of pyridine rings is 1. The van der Waals surface area contributed by atoms with Crippen molar-refractivity contribution in [1.82, 2.24) is 4.98 Å². The molecule has 0 bridgehead atoms. The van der Waals surface area contributed by atoms with E-state index in [1.165, 1.54) is 50.4 Å². The summed E-state index contributed by atoms with van der Waals surface area (Å²) in [5.74, 6) is 1.36. The Bertz CT molecular complexity index is 1750. The second-order valence-electron chi connectivity index (χ2n) is 13.2. The third-order valence-electron chi connectivity index (χ3n) is 9.79. The molecule has 210 valence electrons. The molecule has 42 heavy (non-hydrogen) atoms. The van der Waals surface area contributed by atoms with Gasteiger partial charge in [0.15, 0.2) is 0 Å². The van der Waals surface area contributed by atoms with Gasteiger partial charge in [-0.15, -0.1) is 0 Å². The van der Waals surface area contributed by atoms with Gasteiger partial charge in [-0.3, -0.25) is 4.90 Å². The molecule has 4 nitrogen and oxygen atoms in total. The highest BCUT2D eigenvalue weighted by atomic mass is 15.3. The van der Waals surface area contributed by atoms with Gasteiger partial charge in [0.25, 0.3) is 0 Å². The minimum absolute atomic E-state index is 0.109. The SMILES string of the molecule is C=C/C=C\C=C(/N)N(c1cc2c3c(c1)C(C)(C)c1cccc4c1N3c1c(cccc1C2(C)C)C4(C)C)c1ccccn1. The van der Waals surface area contributed by atoms with Crippen LogP contribution in [-0.2, 0) is 16.2 Å². The van der Waals surface area contributed by atoms with E-state index < -0.39 is 0 Å². The number of allylic oxidation sites excluding steroid dienone is 4. The number of nitrogens with two attached hydrogens (primary N) is 1. The van der Waals surface area contributed by atoms with Crippen molar-refractivity contribution in [3.63, 3.8) is 0 Å². The minimum Gasteiger partial charge on any atom is -0.385 e. The lowest BCUT2D eigenvalue weighted by Crippen LogP contribution is -2.43. The largest absolute Gasteiger partial charge is 0.385 e. The van der Waals surface area contributed by atoms with Crippen molar-refractivity contribution in [3.8, 4) is 0 Å². The molecule has 0 fully saturated rings. The summed E-state index contributed by atoms with van der Waals surface area (Å²) in [7, 11) is 0. The van der Waals surface area contributed by atoms with Crippen LogP contribution in [0.15, 0.2) is 110 Å². The third-order valence-corrected chi connectivity index (χ3v) is 9.79. The smallest absolute Gasteiger partial charge is 0.138 e. The number of rotatable bonds is 5. The summed E-state index contributed by atoms with van der Waals surface area (Å²) in [5.41, 5.74) is 19.3. The Hall–Kier alpha value is -4.57. The zero-order chi connectivity index (χ0) is 29.6. The molecule has 4 aromatic rings. The first-order valence-electron chi connectivity index (χ1n) is 14.7. The molecular formula is C38H38N4. The van der Waals surface area contributed by atoms with Gasteiger partial charge in [0.2, 0.25) is 0 Å². The maximum absolute atomic E-state index is 6.83. The van der Waals surface area contributed by atoms with Gasteiger partial charge in [-0.2, -0.15) is 0 Å². The zero-order valence-electron chi connectivity index (χ0n) is 25.4. The number of hydrogen-bond donors (Lipinski definition) is 1. The molecule has 1 aromatic heterocycles. The molecule has 0 aliphatic carbocycles. The van der Waals surface area contributed by atoms with Gasteiger partial charge in [-0.05, 0) is 63.7 Å². The average Bonchev–Trinajstić information content (AvgIpc) is 2.97. The number of hydrogen-bond acceptors (Lipinski definition) is 4. The highest BCUT2D eigenvalue weighted by Crippen LogP contribution is 2.66. The molecule has 0 atom stereocenters. The Balaban J connectivity index is 1.59. The molecule has 3 aliphatic rings. The van der Waals surface area contributed by atoms with Gasteiger partial charge in [0.05, 0.1) is 17.1 Å². The molecular weight excluding hydrogens is 512 g/mol. The normalized spacial score (nSPS) is 18.0. The summed E-state index contributed by atoms with van der Waals surface area (Å²) in [4.78, 5) is 9.38.